The van der Waals surface area contributed by atoms with E-state index in [1.807, 2.05) is 12.1 Å². The van der Waals surface area contributed by atoms with Gasteiger partial charge in [0.15, 0.2) is 0 Å². The lowest BCUT2D eigenvalue weighted by atomic mass is 9.79. The summed E-state index contributed by atoms with van der Waals surface area (Å²) in [4.78, 5) is 29.0. The van der Waals surface area contributed by atoms with E-state index in [9.17, 15) is 14.9 Å². The Morgan fingerprint density at radius 2 is 2.05 bits per heavy atom. The van der Waals surface area contributed by atoms with Gasteiger partial charge in [0, 0.05) is 23.7 Å². The number of H-pyrrole nitrogens is 1. The standard InChI is InChI=1S/C15H15N3O3/c1-9-13-8-11(10-4-6-16-7-5-10)2-3-12(13)14(18(20)21)15(19)17-9/h4-7,11H,2-3,8H2,1H3,(H,17,19). The highest BCUT2D eigenvalue weighted by Crippen LogP contribution is 2.35. The lowest BCUT2D eigenvalue weighted by molar-refractivity contribution is -0.387. The summed E-state index contributed by atoms with van der Waals surface area (Å²) in [5.41, 5.74) is 2.55. The van der Waals surface area contributed by atoms with Gasteiger partial charge in [-0.1, -0.05) is 0 Å². The van der Waals surface area contributed by atoms with Gasteiger partial charge in [-0.25, -0.2) is 0 Å². The number of aromatic nitrogens is 2. The Hall–Kier alpha value is -2.50. The van der Waals surface area contributed by atoms with Crippen LogP contribution < -0.4 is 5.56 Å². The molecule has 0 aromatic carbocycles. The van der Waals surface area contributed by atoms with Gasteiger partial charge in [0.2, 0.25) is 0 Å². The lowest BCUT2D eigenvalue weighted by Gasteiger charge is -2.25. The molecule has 6 heteroatoms. The molecule has 0 spiro atoms. The van der Waals surface area contributed by atoms with E-state index in [4.69, 9.17) is 0 Å². The van der Waals surface area contributed by atoms with Gasteiger partial charge in [0.05, 0.1) is 4.92 Å². The average Bonchev–Trinajstić information content (AvgIpc) is 2.47. The molecular formula is C15H15N3O3. The second kappa shape index (κ2) is 5.12. The highest BCUT2D eigenvalue weighted by Gasteiger charge is 2.30. The van der Waals surface area contributed by atoms with Crippen molar-refractivity contribution in [1.29, 1.82) is 0 Å². The van der Waals surface area contributed by atoms with Gasteiger partial charge in [-0.2, -0.15) is 0 Å². The highest BCUT2D eigenvalue weighted by molar-refractivity contribution is 5.48. The van der Waals surface area contributed by atoms with E-state index < -0.39 is 10.5 Å². The van der Waals surface area contributed by atoms with Gasteiger partial charge in [-0.05, 0) is 55.4 Å². The normalized spacial score (nSPS) is 17.3. The predicted molar refractivity (Wildman–Crippen MR) is 77.5 cm³/mol. The zero-order valence-corrected chi connectivity index (χ0v) is 11.6. The molecular weight excluding hydrogens is 270 g/mol. The molecule has 2 aromatic rings. The van der Waals surface area contributed by atoms with E-state index >= 15 is 0 Å². The number of rotatable bonds is 2. The van der Waals surface area contributed by atoms with Crippen LogP contribution >= 0.6 is 0 Å². The van der Waals surface area contributed by atoms with Crippen LogP contribution in [0.4, 0.5) is 5.69 Å². The summed E-state index contributed by atoms with van der Waals surface area (Å²) >= 11 is 0. The number of nitrogens with one attached hydrogen (secondary N) is 1. The summed E-state index contributed by atoms with van der Waals surface area (Å²) in [6.07, 6.45) is 5.59. The maximum atomic E-state index is 11.8. The predicted octanol–water partition coefficient (Wildman–Crippen LogP) is 2.26. The topological polar surface area (TPSA) is 88.9 Å². The second-order valence-corrected chi connectivity index (χ2v) is 5.36. The summed E-state index contributed by atoms with van der Waals surface area (Å²) in [7, 11) is 0. The third-order valence-electron chi connectivity index (χ3n) is 4.17. The number of nitrogens with zero attached hydrogens (tertiary/aromatic N) is 2. The Bertz CT molecular complexity index is 753. The molecule has 2 aromatic heterocycles. The van der Waals surface area contributed by atoms with Gasteiger partial charge in [0.1, 0.15) is 0 Å². The third-order valence-corrected chi connectivity index (χ3v) is 4.17. The van der Waals surface area contributed by atoms with Crippen molar-refractivity contribution in [2.24, 2.45) is 0 Å². The van der Waals surface area contributed by atoms with E-state index in [1.165, 1.54) is 5.56 Å². The first-order chi connectivity index (χ1) is 10.1. The molecule has 1 N–H and O–H groups in total. The Labute approximate surface area is 121 Å². The molecule has 1 atom stereocenters. The van der Waals surface area contributed by atoms with E-state index in [2.05, 4.69) is 9.97 Å². The summed E-state index contributed by atoms with van der Waals surface area (Å²) in [5, 5.41) is 11.1. The number of hydrogen-bond donors (Lipinski definition) is 1. The van der Waals surface area contributed by atoms with Gasteiger partial charge in [0.25, 0.3) is 0 Å². The van der Waals surface area contributed by atoms with Crippen LogP contribution in [-0.2, 0) is 12.8 Å². The van der Waals surface area contributed by atoms with Crippen LogP contribution in [0.3, 0.4) is 0 Å². The first-order valence-corrected chi connectivity index (χ1v) is 6.87. The first kappa shape index (κ1) is 13.5. The van der Waals surface area contributed by atoms with Crippen LogP contribution in [0.2, 0.25) is 0 Å². The van der Waals surface area contributed by atoms with E-state index in [0.717, 1.165) is 17.7 Å². The molecule has 0 aliphatic heterocycles. The number of aryl methyl sites for hydroxylation is 1. The maximum Gasteiger partial charge on any atom is 0.337 e. The third kappa shape index (κ3) is 2.33. The fourth-order valence-corrected chi connectivity index (χ4v) is 3.14. The van der Waals surface area contributed by atoms with Crippen molar-refractivity contribution in [3.05, 3.63) is 67.4 Å². The van der Waals surface area contributed by atoms with Crippen LogP contribution in [0.1, 0.15) is 34.7 Å². The number of fused-ring (bicyclic) bond motifs is 1. The molecule has 3 rings (SSSR count). The zero-order chi connectivity index (χ0) is 15.0. The number of pyridine rings is 2. The summed E-state index contributed by atoms with van der Waals surface area (Å²) in [6.45, 7) is 1.80. The van der Waals surface area contributed by atoms with Crippen molar-refractivity contribution < 1.29 is 4.92 Å². The van der Waals surface area contributed by atoms with Gasteiger partial charge < -0.3 is 4.98 Å². The van der Waals surface area contributed by atoms with Crippen molar-refractivity contribution in [3.8, 4) is 0 Å². The second-order valence-electron chi connectivity index (χ2n) is 5.36. The molecule has 21 heavy (non-hydrogen) atoms. The molecule has 1 aliphatic carbocycles. The number of nitro groups is 1. The van der Waals surface area contributed by atoms with Gasteiger partial charge in [-0.3, -0.25) is 19.9 Å². The Morgan fingerprint density at radius 3 is 2.71 bits per heavy atom. The molecule has 0 fully saturated rings. The van der Waals surface area contributed by atoms with Crippen LogP contribution in [0.25, 0.3) is 0 Å². The molecule has 2 heterocycles. The molecule has 0 saturated heterocycles. The Kier molecular flexibility index (Phi) is 3.29. The minimum atomic E-state index is -0.599. The van der Waals surface area contributed by atoms with Crippen LogP contribution in [-0.4, -0.2) is 14.9 Å². The Morgan fingerprint density at radius 1 is 1.33 bits per heavy atom. The average molecular weight is 285 g/mol. The monoisotopic (exact) mass is 285 g/mol. The van der Waals surface area contributed by atoms with E-state index in [0.29, 0.717) is 24.3 Å². The summed E-state index contributed by atoms with van der Waals surface area (Å²) in [5.74, 6) is 0.310. The summed E-state index contributed by atoms with van der Waals surface area (Å²) < 4.78 is 0. The Balaban J connectivity index is 2.06. The van der Waals surface area contributed by atoms with E-state index in [-0.39, 0.29) is 5.69 Å². The van der Waals surface area contributed by atoms with Gasteiger partial charge in [-0.15, -0.1) is 0 Å². The maximum absolute atomic E-state index is 11.8. The fraction of sp³-hybridized carbons (Fsp3) is 0.333. The van der Waals surface area contributed by atoms with Crippen LogP contribution in [0.5, 0.6) is 0 Å². The van der Waals surface area contributed by atoms with Crippen molar-refractivity contribution in [3.63, 3.8) is 0 Å². The SMILES string of the molecule is Cc1[nH]c(=O)c([N+](=O)[O-])c2c1CC(c1ccncc1)CC2. The molecule has 6 nitrogen and oxygen atoms in total. The van der Waals surface area contributed by atoms with Crippen LogP contribution in [0, 0.1) is 17.0 Å². The molecule has 0 amide bonds. The van der Waals surface area contributed by atoms with Gasteiger partial charge >= 0.3 is 11.2 Å². The molecule has 0 radical (unpaired) electrons. The van der Waals surface area contributed by atoms with E-state index in [1.54, 1.807) is 19.3 Å². The largest absolute Gasteiger partial charge is 0.337 e. The summed E-state index contributed by atoms with van der Waals surface area (Å²) in [6, 6.07) is 3.95. The zero-order valence-electron chi connectivity index (χ0n) is 11.6. The smallest absolute Gasteiger partial charge is 0.320 e. The number of aromatic amines is 1. The quantitative estimate of drug-likeness (QED) is 0.677. The fourth-order valence-electron chi connectivity index (χ4n) is 3.14. The lowest BCUT2D eigenvalue weighted by Crippen LogP contribution is -2.23. The molecule has 0 saturated carbocycles. The highest BCUT2D eigenvalue weighted by atomic mass is 16.6. The number of hydrogen-bond acceptors (Lipinski definition) is 4. The van der Waals surface area contributed by atoms with Crippen molar-refractivity contribution >= 4 is 5.69 Å². The van der Waals surface area contributed by atoms with Crippen LogP contribution in [0.15, 0.2) is 29.3 Å². The van der Waals surface area contributed by atoms with Crippen molar-refractivity contribution in [1.82, 2.24) is 9.97 Å². The van der Waals surface area contributed by atoms with Crippen molar-refractivity contribution in [2.45, 2.75) is 32.1 Å². The minimum Gasteiger partial charge on any atom is -0.320 e. The van der Waals surface area contributed by atoms with Crippen molar-refractivity contribution in [2.75, 3.05) is 0 Å². The molecule has 1 aliphatic rings. The molecule has 1 unspecified atom stereocenters. The molecule has 0 bridgehead atoms. The minimum absolute atomic E-state index is 0.288. The molecule has 108 valence electrons. The first-order valence-electron chi connectivity index (χ1n) is 6.87.